The lowest BCUT2D eigenvalue weighted by molar-refractivity contribution is 0.398. The summed E-state index contributed by atoms with van der Waals surface area (Å²) in [5.74, 6) is 0. The molecular weight excluding hydrogens is 1080 g/mol. The number of hydrogen-bond acceptors (Lipinski definition) is 1. The van der Waals surface area contributed by atoms with E-state index < -0.39 is 0 Å². The summed E-state index contributed by atoms with van der Waals surface area (Å²) in [7, 11) is 0. The summed E-state index contributed by atoms with van der Waals surface area (Å²) in [5.41, 5.74) is 25.9. The van der Waals surface area contributed by atoms with Crippen molar-refractivity contribution in [2.75, 3.05) is 0 Å². The number of aryl methyl sites for hydroxylation is 2. The highest BCUT2D eigenvalue weighted by atomic mass is 32.1. The first kappa shape index (κ1) is 55.8. The third kappa shape index (κ3) is 9.97. The van der Waals surface area contributed by atoms with Crippen LogP contribution in [0.4, 0.5) is 0 Å². The van der Waals surface area contributed by atoms with E-state index in [1.807, 2.05) is 11.3 Å². The second-order valence-electron chi connectivity index (χ2n) is 25.6. The Morgan fingerprint density at radius 1 is 0.318 bits per heavy atom. The minimum absolute atomic E-state index is 0.0690. The fourth-order valence-corrected chi connectivity index (χ4v) is 16.6. The number of benzene rings is 11. The minimum Gasteiger partial charge on any atom is -0.309 e. The van der Waals surface area contributed by atoms with Crippen LogP contribution in [0, 0.1) is 13.8 Å². The lowest BCUT2D eigenvalue weighted by atomic mass is 9.70. The van der Waals surface area contributed by atoms with E-state index in [1.165, 1.54) is 237 Å². The summed E-state index contributed by atoms with van der Waals surface area (Å²) in [6, 6.07) is 88.5. The van der Waals surface area contributed by atoms with Crippen molar-refractivity contribution >= 4 is 75.1 Å². The summed E-state index contributed by atoms with van der Waals surface area (Å²) in [5, 5.41) is 7.73. The number of nitrogens with zero attached hydrogens (tertiary/aromatic N) is 2. The second kappa shape index (κ2) is 23.7. The van der Waals surface area contributed by atoms with Crippen LogP contribution in [0.3, 0.4) is 0 Å². The molecule has 14 aromatic rings. The van der Waals surface area contributed by atoms with Gasteiger partial charge in [-0.2, -0.15) is 0 Å². The molecule has 0 saturated heterocycles. The number of fused-ring (bicyclic) bond motifs is 13. The number of aromatic nitrogens is 2. The Labute approximate surface area is 523 Å². The highest BCUT2D eigenvalue weighted by Gasteiger charge is 2.43. The summed E-state index contributed by atoms with van der Waals surface area (Å²) in [4.78, 5) is 0. The van der Waals surface area contributed by atoms with Crippen LogP contribution in [0.25, 0.3) is 131 Å². The van der Waals surface area contributed by atoms with Crippen LogP contribution in [-0.4, -0.2) is 9.13 Å². The highest BCUT2D eigenvalue weighted by Crippen LogP contribution is 2.56. The van der Waals surface area contributed by atoms with Gasteiger partial charge in [0.05, 0.1) is 26.8 Å². The molecule has 0 aliphatic heterocycles. The number of para-hydroxylation sites is 2. The molecule has 0 radical (unpaired) electrons. The Morgan fingerprint density at radius 2 is 0.807 bits per heavy atom. The molecule has 0 fully saturated rings. The van der Waals surface area contributed by atoms with Crippen molar-refractivity contribution in [2.45, 2.75) is 123 Å². The van der Waals surface area contributed by atoms with Gasteiger partial charge in [0, 0.05) is 53.8 Å². The molecule has 1 aliphatic carbocycles. The Morgan fingerprint density at radius 3 is 1.47 bits per heavy atom. The molecule has 0 atom stereocenters. The van der Waals surface area contributed by atoms with Crippen LogP contribution in [0.1, 0.15) is 126 Å². The molecular formula is C85H78N2S. The van der Waals surface area contributed by atoms with E-state index in [1.54, 1.807) is 5.56 Å². The minimum atomic E-state index is -0.0690. The number of unbranched alkanes of at least 4 members (excludes halogenated alkanes) is 10. The first-order valence-electron chi connectivity index (χ1n) is 32.9. The van der Waals surface area contributed by atoms with Gasteiger partial charge in [-0.25, -0.2) is 0 Å². The maximum absolute atomic E-state index is 2.65. The van der Waals surface area contributed by atoms with Gasteiger partial charge < -0.3 is 9.13 Å². The van der Waals surface area contributed by atoms with E-state index >= 15 is 0 Å². The molecule has 11 aromatic carbocycles. The van der Waals surface area contributed by atoms with Gasteiger partial charge in [-0.3, -0.25) is 0 Å². The fourth-order valence-electron chi connectivity index (χ4n) is 15.3. The van der Waals surface area contributed by atoms with Crippen molar-refractivity contribution in [3.8, 4) is 67.0 Å². The van der Waals surface area contributed by atoms with E-state index in [2.05, 4.69) is 267 Å². The van der Waals surface area contributed by atoms with Gasteiger partial charge in [0.2, 0.25) is 0 Å². The summed E-state index contributed by atoms with van der Waals surface area (Å²) in [6.45, 7) is 9.12. The zero-order valence-corrected chi connectivity index (χ0v) is 52.5. The molecule has 3 heterocycles. The van der Waals surface area contributed by atoms with E-state index in [0.29, 0.717) is 0 Å². The van der Waals surface area contributed by atoms with Gasteiger partial charge in [0.25, 0.3) is 0 Å². The molecule has 1 aliphatic rings. The highest BCUT2D eigenvalue weighted by molar-refractivity contribution is 7.26. The molecule has 0 spiro atoms. The molecule has 15 rings (SSSR count). The first-order valence-corrected chi connectivity index (χ1v) is 33.7. The third-order valence-corrected chi connectivity index (χ3v) is 21.0. The molecule has 2 nitrogen and oxygen atoms in total. The Balaban J connectivity index is 0.819. The molecule has 0 N–H and O–H groups in total. The van der Waals surface area contributed by atoms with Gasteiger partial charge in [-0.15, -0.1) is 11.3 Å². The predicted molar refractivity (Wildman–Crippen MR) is 381 cm³/mol. The lowest BCUT2D eigenvalue weighted by Crippen LogP contribution is -2.25. The molecule has 434 valence electrons. The Hall–Kier alpha value is -8.76. The molecule has 0 amide bonds. The lowest BCUT2D eigenvalue weighted by Gasteiger charge is -2.33. The van der Waals surface area contributed by atoms with Crippen molar-refractivity contribution in [2.24, 2.45) is 0 Å². The Bertz CT molecular complexity index is 4880. The van der Waals surface area contributed by atoms with Crippen LogP contribution >= 0.6 is 11.3 Å². The average molecular weight is 1160 g/mol. The van der Waals surface area contributed by atoms with Gasteiger partial charge in [0.1, 0.15) is 0 Å². The van der Waals surface area contributed by atoms with Crippen molar-refractivity contribution in [3.63, 3.8) is 0 Å². The van der Waals surface area contributed by atoms with E-state index in [-0.39, 0.29) is 5.41 Å². The van der Waals surface area contributed by atoms with Crippen molar-refractivity contribution in [1.82, 2.24) is 9.13 Å². The summed E-state index contributed by atoms with van der Waals surface area (Å²) < 4.78 is 7.68. The maximum atomic E-state index is 2.65. The molecule has 3 heteroatoms. The summed E-state index contributed by atoms with van der Waals surface area (Å²) >= 11 is 1.91. The zero-order chi connectivity index (χ0) is 59.3. The number of hydrogen-bond donors (Lipinski definition) is 0. The molecule has 88 heavy (non-hydrogen) atoms. The zero-order valence-electron chi connectivity index (χ0n) is 51.6. The SMILES string of the molecule is CCCCCCCCC1(CCCCCCCC)c2cc(-c3ccc(-c4ccc(C)cc4)cc3)ccc2-c2ccc(-c3cc(C)cc(-n4c5ccccc5c5cc(-c6ccc7c(c6)c6ccc8c9ccccc9sc8c6n7-c6ccccc6)ccc54)c3)cc21. The average Bonchev–Trinajstić information content (AvgIpc) is 1.63. The molecule has 3 aromatic heterocycles. The number of thiophene rings is 1. The van der Waals surface area contributed by atoms with Crippen molar-refractivity contribution in [1.29, 1.82) is 0 Å². The second-order valence-corrected chi connectivity index (χ2v) is 26.6. The molecule has 0 saturated carbocycles. The predicted octanol–water partition coefficient (Wildman–Crippen LogP) is 25.3. The topological polar surface area (TPSA) is 9.86 Å². The van der Waals surface area contributed by atoms with Gasteiger partial charge in [-0.05, 0) is 172 Å². The first-order chi connectivity index (χ1) is 43.3. The monoisotopic (exact) mass is 1160 g/mol. The van der Waals surface area contributed by atoms with Crippen molar-refractivity contribution < 1.29 is 0 Å². The largest absolute Gasteiger partial charge is 0.309 e. The molecule has 0 unspecified atom stereocenters. The van der Waals surface area contributed by atoms with Crippen LogP contribution in [0.15, 0.2) is 231 Å². The van der Waals surface area contributed by atoms with E-state index in [4.69, 9.17) is 0 Å². The van der Waals surface area contributed by atoms with Crippen LogP contribution in [-0.2, 0) is 5.41 Å². The van der Waals surface area contributed by atoms with Gasteiger partial charge >= 0.3 is 0 Å². The maximum Gasteiger partial charge on any atom is 0.0719 e. The van der Waals surface area contributed by atoms with Crippen LogP contribution in [0.2, 0.25) is 0 Å². The standard InChI is InChI=1S/C85H78N2S/c1-5-7-9-11-13-22-48-85(49-23-14-12-10-8-6-2)77-55-64(61-36-34-60(35-37-61)59-32-30-57(3)31-33-59)38-42-69(77)70-43-39-65(56-78(70)85)66-50-58(4)51-68(52-66)86-79-28-20-18-26-71(79)75-53-62(40-46-80(75)86)63-41-47-81-76(54-63)73-44-45-74-72-27-19-21-29-82(72)88-84(74)83(73)87(81)67-24-16-15-17-25-67/h15-21,24-47,50-56H,5-14,22-23,48-49H2,1-4H3. The van der Waals surface area contributed by atoms with Gasteiger partial charge in [0.15, 0.2) is 0 Å². The van der Waals surface area contributed by atoms with Crippen LogP contribution < -0.4 is 0 Å². The quantitative estimate of drug-likeness (QED) is 0.0673. The fraction of sp³-hybridized carbons (Fsp3) is 0.224. The van der Waals surface area contributed by atoms with Gasteiger partial charge in [-0.1, -0.05) is 254 Å². The van der Waals surface area contributed by atoms with Crippen LogP contribution in [0.5, 0.6) is 0 Å². The van der Waals surface area contributed by atoms with Crippen molar-refractivity contribution in [3.05, 3.63) is 253 Å². The summed E-state index contributed by atoms with van der Waals surface area (Å²) in [6.07, 6.45) is 17.9. The smallest absolute Gasteiger partial charge is 0.0719 e. The van der Waals surface area contributed by atoms with E-state index in [0.717, 1.165) is 0 Å². The van der Waals surface area contributed by atoms with E-state index in [9.17, 15) is 0 Å². The normalized spacial score (nSPS) is 12.8. The third-order valence-electron chi connectivity index (χ3n) is 19.8. The Kier molecular flexibility index (Phi) is 15.0. The number of rotatable bonds is 20. The molecule has 0 bridgehead atoms.